The minimum atomic E-state index is -0.128. The number of amides is 1. The molecule has 0 saturated carbocycles. The van der Waals surface area contributed by atoms with Crippen LogP contribution >= 0.6 is 0 Å². The third kappa shape index (κ3) is 4.13. The van der Waals surface area contributed by atoms with Gasteiger partial charge in [0.1, 0.15) is 5.75 Å². The Kier molecular flexibility index (Phi) is 5.32. The smallest absolute Gasteiger partial charge is 0.289 e. The summed E-state index contributed by atoms with van der Waals surface area (Å²) < 4.78 is 11.6. The van der Waals surface area contributed by atoms with Gasteiger partial charge in [0.05, 0.1) is 24.1 Å². The van der Waals surface area contributed by atoms with E-state index >= 15 is 0 Å². The van der Waals surface area contributed by atoms with Gasteiger partial charge >= 0.3 is 0 Å². The van der Waals surface area contributed by atoms with Crippen LogP contribution in [0, 0.1) is 6.92 Å². The van der Waals surface area contributed by atoms with Crippen LogP contribution in [0.4, 0.5) is 5.95 Å². The average Bonchev–Trinajstić information content (AvgIpc) is 3.34. The summed E-state index contributed by atoms with van der Waals surface area (Å²) in [7, 11) is 0. The summed E-state index contributed by atoms with van der Waals surface area (Å²) in [6.45, 7) is 4.95. The number of anilines is 1. The summed E-state index contributed by atoms with van der Waals surface area (Å²) in [5.74, 6) is 2.22. The van der Waals surface area contributed by atoms with Gasteiger partial charge in [-0.25, -0.2) is 4.98 Å². The highest BCUT2D eigenvalue weighted by Gasteiger charge is 2.29. The highest BCUT2D eigenvalue weighted by atomic mass is 16.5. The zero-order valence-corrected chi connectivity index (χ0v) is 17.7. The number of rotatable bonds is 4. The highest BCUT2D eigenvalue weighted by molar-refractivity contribution is 5.91. The van der Waals surface area contributed by atoms with Crippen molar-refractivity contribution in [3.8, 4) is 11.6 Å². The molecule has 3 aromatic rings. The van der Waals surface area contributed by atoms with Gasteiger partial charge in [-0.1, -0.05) is 12.1 Å². The number of aromatic nitrogens is 2. The molecule has 7 nitrogen and oxygen atoms in total. The zero-order chi connectivity index (χ0) is 21.2. The first kappa shape index (κ1) is 19.6. The number of benzene rings is 1. The molecule has 0 atom stereocenters. The molecule has 160 valence electrons. The van der Waals surface area contributed by atoms with Crippen molar-refractivity contribution in [2.24, 2.45) is 0 Å². The van der Waals surface area contributed by atoms with Gasteiger partial charge in [0.2, 0.25) is 11.8 Å². The third-order valence-electron chi connectivity index (χ3n) is 5.87. The Labute approximate surface area is 181 Å². The van der Waals surface area contributed by atoms with Gasteiger partial charge in [-0.15, -0.1) is 0 Å². The molecule has 1 saturated heterocycles. The molecule has 2 aliphatic rings. The number of aryl methyl sites for hydroxylation is 1. The Morgan fingerprint density at radius 3 is 2.71 bits per heavy atom. The van der Waals surface area contributed by atoms with E-state index in [1.54, 1.807) is 17.0 Å². The summed E-state index contributed by atoms with van der Waals surface area (Å²) >= 11 is 0. The molecule has 7 heteroatoms. The van der Waals surface area contributed by atoms with Gasteiger partial charge in [0.15, 0.2) is 5.76 Å². The van der Waals surface area contributed by atoms with Crippen LogP contribution in [0.3, 0.4) is 0 Å². The molecule has 2 aliphatic heterocycles. The van der Waals surface area contributed by atoms with Crippen LogP contribution in [-0.4, -0.2) is 40.4 Å². The molecule has 0 unspecified atom stereocenters. The average molecular weight is 418 g/mol. The third-order valence-corrected chi connectivity index (χ3v) is 5.87. The molecule has 0 N–H and O–H groups in total. The minimum Gasteiger partial charge on any atom is -0.459 e. The van der Waals surface area contributed by atoms with Gasteiger partial charge in [-0.05, 0) is 56.0 Å². The van der Waals surface area contributed by atoms with E-state index in [1.807, 2.05) is 31.2 Å². The van der Waals surface area contributed by atoms with Gasteiger partial charge in [-0.2, -0.15) is 4.98 Å². The van der Waals surface area contributed by atoms with Crippen LogP contribution in [0.5, 0.6) is 11.6 Å². The highest BCUT2D eigenvalue weighted by Crippen LogP contribution is 2.32. The molecule has 0 spiro atoms. The first-order valence-electron chi connectivity index (χ1n) is 10.9. The maximum Gasteiger partial charge on any atom is 0.289 e. The SMILES string of the molecule is Cc1cccc(Oc2nc(N3CCCCC3)nc3c2CN(C(=O)c2ccco2)CC3)c1. The number of nitrogens with zero attached hydrogens (tertiary/aromatic N) is 4. The van der Waals surface area contributed by atoms with Crippen molar-refractivity contribution in [1.29, 1.82) is 0 Å². The van der Waals surface area contributed by atoms with E-state index < -0.39 is 0 Å². The first-order chi connectivity index (χ1) is 15.2. The number of carbonyl (C=O) groups is 1. The van der Waals surface area contributed by atoms with Crippen LogP contribution in [0.15, 0.2) is 47.1 Å². The van der Waals surface area contributed by atoms with E-state index in [0.29, 0.717) is 31.2 Å². The monoisotopic (exact) mass is 418 g/mol. The Morgan fingerprint density at radius 2 is 1.94 bits per heavy atom. The second kappa shape index (κ2) is 8.41. The molecule has 1 aromatic carbocycles. The normalized spacial score (nSPS) is 16.2. The minimum absolute atomic E-state index is 0.128. The fourth-order valence-electron chi connectivity index (χ4n) is 4.21. The first-order valence-corrected chi connectivity index (χ1v) is 10.9. The van der Waals surface area contributed by atoms with Crippen LogP contribution < -0.4 is 9.64 Å². The number of fused-ring (bicyclic) bond motifs is 1. The molecule has 1 amide bonds. The lowest BCUT2D eigenvalue weighted by Gasteiger charge is -2.31. The summed E-state index contributed by atoms with van der Waals surface area (Å²) in [5.41, 5.74) is 2.95. The molecule has 31 heavy (non-hydrogen) atoms. The lowest BCUT2D eigenvalue weighted by Crippen LogP contribution is -2.37. The zero-order valence-electron chi connectivity index (χ0n) is 17.7. The van der Waals surface area contributed by atoms with Gasteiger partial charge in [0.25, 0.3) is 5.91 Å². The predicted octanol–water partition coefficient (Wildman–Crippen LogP) is 4.36. The summed E-state index contributed by atoms with van der Waals surface area (Å²) in [4.78, 5) is 26.6. The Bertz CT molecular complexity index is 1070. The molecule has 0 aliphatic carbocycles. The lowest BCUT2D eigenvalue weighted by molar-refractivity contribution is 0.0699. The maximum atomic E-state index is 12.8. The quantitative estimate of drug-likeness (QED) is 0.627. The maximum absolute atomic E-state index is 12.8. The molecule has 0 radical (unpaired) electrons. The molecule has 5 rings (SSSR count). The fourth-order valence-corrected chi connectivity index (χ4v) is 4.21. The van der Waals surface area contributed by atoms with Crippen LogP contribution in [0.1, 0.15) is 46.6 Å². The number of hydrogen-bond acceptors (Lipinski definition) is 6. The summed E-state index contributed by atoms with van der Waals surface area (Å²) in [5, 5.41) is 0. The number of carbonyl (C=O) groups excluding carboxylic acids is 1. The molecule has 4 heterocycles. The van der Waals surface area contributed by atoms with Crippen LogP contribution in [0.2, 0.25) is 0 Å². The molecular weight excluding hydrogens is 392 g/mol. The second-order valence-electron chi connectivity index (χ2n) is 8.17. The van der Waals surface area contributed by atoms with Crippen molar-refractivity contribution in [2.75, 3.05) is 24.5 Å². The lowest BCUT2D eigenvalue weighted by atomic mass is 10.1. The molecule has 1 fully saturated rings. The Hall–Kier alpha value is -3.35. The standard InChI is InChI=1S/C24H26N4O3/c1-17-7-5-8-18(15-17)31-22-19-16-28(23(29)21-9-6-14-30-21)13-10-20(19)25-24(26-22)27-11-3-2-4-12-27/h5-9,14-15H,2-4,10-13,16H2,1H3. The number of ether oxygens (including phenoxy) is 1. The molecule has 0 bridgehead atoms. The summed E-state index contributed by atoms with van der Waals surface area (Å²) in [6.07, 6.45) is 5.73. The van der Waals surface area contributed by atoms with Crippen molar-refractivity contribution in [1.82, 2.24) is 14.9 Å². The summed E-state index contributed by atoms with van der Waals surface area (Å²) in [6, 6.07) is 11.3. The predicted molar refractivity (Wildman–Crippen MR) is 117 cm³/mol. The Morgan fingerprint density at radius 1 is 1.06 bits per heavy atom. The van der Waals surface area contributed by atoms with Crippen molar-refractivity contribution < 1.29 is 13.9 Å². The van der Waals surface area contributed by atoms with Crippen molar-refractivity contribution in [3.05, 3.63) is 65.2 Å². The van der Waals surface area contributed by atoms with E-state index in [4.69, 9.17) is 19.1 Å². The number of furan rings is 1. The van der Waals surface area contributed by atoms with Crippen molar-refractivity contribution >= 4 is 11.9 Å². The van der Waals surface area contributed by atoms with Crippen LogP contribution in [-0.2, 0) is 13.0 Å². The van der Waals surface area contributed by atoms with Gasteiger partial charge < -0.3 is 19.0 Å². The van der Waals surface area contributed by atoms with E-state index in [9.17, 15) is 4.79 Å². The van der Waals surface area contributed by atoms with Crippen molar-refractivity contribution in [2.45, 2.75) is 39.2 Å². The molecule has 2 aromatic heterocycles. The van der Waals surface area contributed by atoms with E-state index in [2.05, 4.69) is 4.90 Å². The largest absolute Gasteiger partial charge is 0.459 e. The van der Waals surface area contributed by atoms with E-state index in [0.717, 1.165) is 54.4 Å². The van der Waals surface area contributed by atoms with Gasteiger partial charge in [0, 0.05) is 26.1 Å². The number of piperidine rings is 1. The fraction of sp³-hybridized carbons (Fsp3) is 0.375. The Balaban J connectivity index is 1.50. The van der Waals surface area contributed by atoms with Crippen LogP contribution in [0.25, 0.3) is 0 Å². The second-order valence-corrected chi connectivity index (χ2v) is 8.17. The van der Waals surface area contributed by atoms with E-state index in [-0.39, 0.29) is 5.91 Å². The van der Waals surface area contributed by atoms with Crippen molar-refractivity contribution in [3.63, 3.8) is 0 Å². The number of hydrogen-bond donors (Lipinski definition) is 0. The van der Waals surface area contributed by atoms with Gasteiger partial charge in [-0.3, -0.25) is 4.79 Å². The topological polar surface area (TPSA) is 71.7 Å². The molecular formula is C24H26N4O3. The van der Waals surface area contributed by atoms with E-state index in [1.165, 1.54) is 12.7 Å².